The number of hydrogen-bond donors (Lipinski definition) is 0. The van der Waals surface area contributed by atoms with Crippen LogP contribution in [0, 0.1) is 5.92 Å². The molecule has 1 rings (SSSR count). The molecule has 0 atom stereocenters. The Hall–Kier alpha value is -0.370. The van der Waals surface area contributed by atoms with Crippen molar-refractivity contribution in [1.82, 2.24) is 4.31 Å². The smallest absolute Gasteiger partial charge is 0.206 e. The van der Waals surface area contributed by atoms with Gasteiger partial charge in [0.1, 0.15) is 0 Å². The Labute approximate surface area is 97.8 Å². The van der Waals surface area contributed by atoms with Crippen LogP contribution in [-0.4, -0.2) is 37.0 Å². The van der Waals surface area contributed by atoms with Crippen molar-refractivity contribution in [3.63, 3.8) is 0 Å². The van der Waals surface area contributed by atoms with Crippen molar-refractivity contribution in [2.24, 2.45) is 5.92 Å². The van der Waals surface area contributed by atoms with E-state index in [0.29, 0.717) is 17.1 Å². The van der Waals surface area contributed by atoms with Crippen molar-refractivity contribution in [3.8, 4) is 0 Å². The average Bonchev–Trinajstić information content (AvgIpc) is 2.16. The van der Waals surface area contributed by atoms with Crippen LogP contribution in [-0.2, 0) is 10.0 Å². The molecule has 0 amide bonds. The first kappa shape index (κ1) is 14.7. The summed E-state index contributed by atoms with van der Waals surface area (Å²) >= 11 is 0. The van der Waals surface area contributed by atoms with E-state index in [0.717, 1.165) is 0 Å². The second kappa shape index (κ2) is 4.38. The minimum absolute atomic E-state index is 0.0862. The number of alkyl halides is 4. The first-order valence-electron chi connectivity index (χ1n) is 5.25. The van der Waals surface area contributed by atoms with Gasteiger partial charge < -0.3 is 0 Å². The first-order valence-corrected chi connectivity index (χ1v) is 6.69. The normalized spacial score (nSPS) is 21.8. The summed E-state index contributed by atoms with van der Waals surface area (Å²) in [6.07, 6.45) is 0.815. The largest absolute Gasteiger partial charge is 0.420 e. The predicted octanol–water partition coefficient (Wildman–Crippen LogP) is 2.30. The Balaban J connectivity index is 2.96. The van der Waals surface area contributed by atoms with Gasteiger partial charge in [-0.3, -0.25) is 0 Å². The molecule has 0 bridgehead atoms. The summed E-state index contributed by atoms with van der Waals surface area (Å²) in [7, 11) is -5.29. The van der Waals surface area contributed by atoms with Crippen LogP contribution < -0.4 is 0 Å². The highest BCUT2D eigenvalue weighted by molar-refractivity contribution is 7.90. The topological polar surface area (TPSA) is 37.4 Å². The van der Waals surface area contributed by atoms with Gasteiger partial charge in [-0.05, 0) is 18.8 Å². The molecule has 1 heterocycles. The van der Waals surface area contributed by atoms with Crippen LogP contribution in [0.1, 0.15) is 26.7 Å². The molecule has 0 radical (unpaired) electrons. The number of piperidine rings is 1. The maximum atomic E-state index is 13.2. The molecule has 0 aromatic rings. The summed E-state index contributed by atoms with van der Waals surface area (Å²) in [6.45, 7) is 1.51. The molecule has 3 nitrogen and oxygen atoms in total. The maximum absolute atomic E-state index is 13.2. The van der Waals surface area contributed by atoms with E-state index in [-0.39, 0.29) is 25.9 Å². The fourth-order valence-electron chi connectivity index (χ4n) is 1.61. The van der Waals surface area contributed by atoms with Crippen molar-refractivity contribution in [2.45, 2.75) is 37.9 Å². The Morgan fingerprint density at radius 3 is 1.88 bits per heavy atom. The molecule has 8 heteroatoms. The molecule has 1 aliphatic heterocycles. The molecule has 0 N–H and O–H groups in total. The van der Waals surface area contributed by atoms with E-state index in [2.05, 4.69) is 0 Å². The maximum Gasteiger partial charge on any atom is 0.420 e. The van der Waals surface area contributed by atoms with Crippen molar-refractivity contribution in [3.05, 3.63) is 0 Å². The molecule has 0 spiro atoms. The summed E-state index contributed by atoms with van der Waals surface area (Å²) in [5, 5.41) is -5.05. The van der Waals surface area contributed by atoms with Crippen LogP contribution in [0.3, 0.4) is 0 Å². The molecule has 0 aliphatic carbocycles. The fraction of sp³-hybridized carbons (Fsp3) is 1.00. The Kier molecular flexibility index (Phi) is 3.79. The number of sulfonamides is 1. The van der Waals surface area contributed by atoms with Gasteiger partial charge in [0.15, 0.2) is 0 Å². The molecule has 0 unspecified atom stereocenters. The highest BCUT2D eigenvalue weighted by Gasteiger charge is 2.64. The van der Waals surface area contributed by atoms with E-state index in [1.54, 1.807) is 0 Å². The summed E-state index contributed by atoms with van der Waals surface area (Å²) in [5.74, 6) is -4.37. The summed E-state index contributed by atoms with van der Waals surface area (Å²) in [6, 6.07) is 0. The third-order valence-electron chi connectivity index (χ3n) is 2.92. The van der Waals surface area contributed by atoms with Crippen LogP contribution in [0.5, 0.6) is 0 Å². The molecule has 0 aromatic carbocycles. The standard InChI is InChI=1S/C9H15F4NO2S/c1-7-3-5-14(6-4-7)17(15,16)9(12,13)8(2,10)11/h7H,3-6H2,1-2H3. The molecular formula is C9H15F4NO2S. The lowest BCUT2D eigenvalue weighted by Crippen LogP contribution is -2.53. The van der Waals surface area contributed by atoms with Gasteiger partial charge in [0.2, 0.25) is 0 Å². The van der Waals surface area contributed by atoms with E-state index in [4.69, 9.17) is 0 Å². The molecule has 0 saturated carbocycles. The zero-order chi connectivity index (χ0) is 13.5. The second-order valence-corrected chi connectivity index (χ2v) is 6.47. The van der Waals surface area contributed by atoms with Gasteiger partial charge in [0.05, 0.1) is 0 Å². The zero-order valence-corrected chi connectivity index (χ0v) is 10.4. The summed E-state index contributed by atoms with van der Waals surface area (Å²) in [4.78, 5) is 0. The van der Waals surface area contributed by atoms with Crippen LogP contribution in [0.4, 0.5) is 17.6 Å². The van der Waals surface area contributed by atoms with E-state index >= 15 is 0 Å². The molecule has 1 fully saturated rings. The third kappa shape index (κ3) is 2.57. The Morgan fingerprint density at radius 1 is 1.12 bits per heavy atom. The predicted molar refractivity (Wildman–Crippen MR) is 54.5 cm³/mol. The summed E-state index contributed by atoms with van der Waals surface area (Å²) in [5.41, 5.74) is 0. The molecule has 1 aliphatic rings. The van der Waals surface area contributed by atoms with Crippen LogP contribution >= 0.6 is 0 Å². The third-order valence-corrected chi connectivity index (χ3v) is 4.97. The highest BCUT2D eigenvalue weighted by atomic mass is 32.2. The minimum Gasteiger partial charge on any atom is -0.206 e. The van der Waals surface area contributed by atoms with Gasteiger partial charge in [-0.2, -0.15) is 21.9 Å². The molecule has 17 heavy (non-hydrogen) atoms. The van der Waals surface area contributed by atoms with Gasteiger partial charge in [0.25, 0.3) is 10.0 Å². The van der Waals surface area contributed by atoms with Crippen molar-refractivity contribution in [2.75, 3.05) is 13.1 Å². The van der Waals surface area contributed by atoms with Gasteiger partial charge >= 0.3 is 11.2 Å². The SMILES string of the molecule is CC1CCN(S(=O)(=O)C(F)(F)C(C)(F)F)CC1. The number of hydrogen-bond acceptors (Lipinski definition) is 2. The minimum atomic E-state index is -5.29. The van der Waals surface area contributed by atoms with Crippen molar-refractivity contribution < 1.29 is 26.0 Å². The van der Waals surface area contributed by atoms with Crippen LogP contribution in [0.25, 0.3) is 0 Å². The van der Waals surface area contributed by atoms with E-state index in [9.17, 15) is 26.0 Å². The molecular weight excluding hydrogens is 262 g/mol. The van der Waals surface area contributed by atoms with Crippen LogP contribution in [0.15, 0.2) is 0 Å². The van der Waals surface area contributed by atoms with E-state index in [1.165, 1.54) is 0 Å². The van der Waals surface area contributed by atoms with E-state index in [1.807, 2.05) is 6.92 Å². The van der Waals surface area contributed by atoms with Gasteiger partial charge in [-0.25, -0.2) is 8.42 Å². The van der Waals surface area contributed by atoms with Gasteiger partial charge in [-0.1, -0.05) is 6.92 Å². The Morgan fingerprint density at radius 2 is 1.53 bits per heavy atom. The summed E-state index contributed by atoms with van der Waals surface area (Å²) < 4.78 is 75.1. The quantitative estimate of drug-likeness (QED) is 0.742. The first-order chi connectivity index (χ1) is 7.50. The second-order valence-electron chi connectivity index (χ2n) is 4.49. The highest BCUT2D eigenvalue weighted by Crippen LogP contribution is 2.40. The lowest BCUT2D eigenvalue weighted by molar-refractivity contribution is -0.146. The van der Waals surface area contributed by atoms with Crippen molar-refractivity contribution >= 4 is 10.0 Å². The molecule has 102 valence electrons. The monoisotopic (exact) mass is 277 g/mol. The number of rotatable bonds is 3. The molecule has 0 aromatic heterocycles. The number of halogens is 4. The fourth-order valence-corrected chi connectivity index (χ4v) is 3.08. The van der Waals surface area contributed by atoms with Gasteiger partial charge in [0, 0.05) is 20.0 Å². The molecule has 1 saturated heterocycles. The average molecular weight is 277 g/mol. The van der Waals surface area contributed by atoms with Crippen LogP contribution in [0.2, 0.25) is 0 Å². The van der Waals surface area contributed by atoms with E-state index < -0.39 is 21.2 Å². The zero-order valence-electron chi connectivity index (χ0n) is 9.59. The van der Waals surface area contributed by atoms with Gasteiger partial charge in [-0.15, -0.1) is 0 Å². The van der Waals surface area contributed by atoms with Crippen molar-refractivity contribution in [1.29, 1.82) is 0 Å². The lowest BCUT2D eigenvalue weighted by Gasteiger charge is -2.33. The number of nitrogens with zero attached hydrogens (tertiary/aromatic N) is 1. The Bertz CT molecular complexity index is 369. The lowest BCUT2D eigenvalue weighted by atomic mass is 10.0.